The van der Waals surface area contributed by atoms with Crippen LogP contribution in [0.5, 0.6) is 0 Å². The van der Waals surface area contributed by atoms with E-state index in [4.69, 9.17) is 0 Å². The molecule has 6 nitrogen and oxygen atoms in total. The van der Waals surface area contributed by atoms with Gasteiger partial charge in [0, 0.05) is 23.4 Å². The first-order valence-corrected chi connectivity index (χ1v) is 12.3. The van der Waals surface area contributed by atoms with Crippen molar-refractivity contribution in [3.05, 3.63) is 41.3 Å². The quantitative estimate of drug-likeness (QED) is 0.389. The SMILES string of the molecule is CSc1cc(C(=O)CSc2nnc(-c3cccs3)n2C2CC2)ccc1NC(C)=O. The Kier molecular flexibility index (Phi) is 6.07. The van der Waals surface area contributed by atoms with Crippen molar-refractivity contribution < 1.29 is 9.59 Å². The lowest BCUT2D eigenvalue weighted by molar-refractivity contribution is -0.114. The molecule has 0 atom stereocenters. The molecule has 0 unspecified atom stereocenters. The average molecular weight is 445 g/mol. The molecular formula is C20H20N4O2S3. The van der Waals surface area contributed by atoms with Gasteiger partial charge in [-0.05, 0) is 48.7 Å². The normalized spacial score (nSPS) is 13.4. The lowest BCUT2D eigenvalue weighted by atomic mass is 10.1. The van der Waals surface area contributed by atoms with Crippen molar-refractivity contribution in [2.24, 2.45) is 0 Å². The molecule has 1 aliphatic rings. The molecule has 1 aliphatic carbocycles. The largest absolute Gasteiger partial charge is 0.325 e. The number of Topliss-reactive ketones (excluding diaryl/α,β-unsaturated/α-hetero) is 1. The summed E-state index contributed by atoms with van der Waals surface area (Å²) in [6.45, 7) is 1.47. The van der Waals surface area contributed by atoms with E-state index in [1.165, 1.54) is 30.4 Å². The molecule has 0 bridgehead atoms. The number of carbonyl (C=O) groups excluding carboxylic acids is 2. The maximum atomic E-state index is 12.8. The topological polar surface area (TPSA) is 76.9 Å². The molecule has 1 amide bonds. The highest BCUT2D eigenvalue weighted by atomic mass is 32.2. The zero-order valence-corrected chi connectivity index (χ0v) is 18.5. The summed E-state index contributed by atoms with van der Waals surface area (Å²) in [5.74, 6) is 1.09. The molecule has 0 radical (unpaired) electrons. The minimum absolute atomic E-state index is 0.0303. The number of benzene rings is 1. The first kappa shape index (κ1) is 20.2. The minimum Gasteiger partial charge on any atom is -0.325 e. The molecule has 0 spiro atoms. The molecule has 150 valence electrons. The molecule has 29 heavy (non-hydrogen) atoms. The van der Waals surface area contributed by atoms with Crippen LogP contribution in [0, 0.1) is 0 Å². The van der Waals surface area contributed by atoms with E-state index in [1.807, 2.05) is 29.8 Å². The van der Waals surface area contributed by atoms with Gasteiger partial charge in [-0.2, -0.15) is 0 Å². The van der Waals surface area contributed by atoms with Gasteiger partial charge in [-0.25, -0.2) is 0 Å². The Hall–Kier alpha value is -2.10. The summed E-state index contributed by atoms with van der Waals surface area (Å²) in [5.41, 5.74) is 1.36. The van der Waals surface area contributed by atoms with Gasteiger partial charge >= 0.3 is 0 Å². The van der Waals surface area contributed by atoms with Crippen molar-refractivity contribution in [2.45, 2.75) is 35.9 Å². The number of carbonyl (C=O) groups is 2. The maximum Gasteiger partial charge on any atom is 0.221 e. The van der Waals surface area contributed by atoms with Crippen LogP contribution in [0.25, 0.3) is 10.7 Å². The van der Waals surface area contributed by atoms with Crippen LogP contribution in [0.3, 0.4) is 0 Å². The number of ketones is 1. The standard InChI is InChI=1S/C20H20N4O2S3/c1-12(25)21-15-8-5-13(10-18(15)27-2)16(26)11-29-20-23-22-19(17-4-3-9-28-17)24(20)14-6-7-14/h3-5,8-10,14H,6-7,11H2,1-2H3,(H,21,25). The van der Waals surface area contributed by atoms with Crippen molar-refractivity contribution >= 4 is 52.2 Å². The van der Waals surface area contributed by atoms with Gasteiger partial charge in [-0.1, -0.05) is 17.8 Å². The maximum absolute atomic E-state index is 12.8. The predicted molar refractivity (Wildman–Crippen MR) is 119 cm³/mol. The molecular weight excluding hydrogens is 424 g/mol. The van der Waals surface area contributed by atoms with Gasteiger partial charge in [0.2, 0.25) is 5.91 Å². The minimum atomic E-state index is -0.129. The number of nitrogens with one attached hydrogen (secondary N) is 1. The van der Waals surface area contributed by atoms with Crippen LogP contribution in [0.15, 0.2) is 45.8 Å². The number of amides is 1. The number of thiophene rings is 1. The number of hydrogen-bond donors (Lipinski definition) is 1. The number of rotatable bonds is 8. The van der Waals surface area contributed by atoms with E-state index in [-0.39, 0.29) is 11.7 Å². The fraction of sp³-hybridized carbons (Fsp3) is 0.300. The number of thioether (sulfide) groups is 2. The zero-order chi connectivity index (χ0) is 20.4. The highest BCUT2D eigenvalue weighted by Gasteiger charge is 2.30. The molecule has 1 aromatic carbocycles. The predicted octanol–water partition coefficient (Wildman–Crippen LogP) is 5.00. The van der Waals surface area contributed by atoms with Gasteiger partial charge in [0.1, 0.15) is 0 Å². The highest BCUT2D eigenvalue weighted by molar-refractivity contribution is 7.99. The van der Waals surface area contributed by atoms with Gasteiger partial charge < -0.3 is 5.32 Å². The smallest absolute Gasteiger partial charge is 0.221 e. The lowest BCUT2D eigenvalue weighted by Gasteiger charge is -2.10. The molecule has 3 aromatic rings. The molecule has 0 aliphatic heterocycles. The van der Waals surface area contributed by atoms with Crippen molar-refractivity contribution in [2.75, 3.05) is 17.3 Å². The van der Waals surface area contributed by atoms with E-state index in [9.17, 15) is 9.59 Å². The van der Waals surface area contributed by atoms with E-state index in [0.29, 0.717) is 17.4 Å². The number of aromatic nitrogens is 3. The molecule has 1 fully saturated rings. The Bertz CT molecular complexity index is 1040. The Labute approximate surface area is 181 Å². The van der Waals surface area contributed by atoms with Gasteiger partial charge in [0.15, 0.2) is 16.8 Å². The molecule has 9 heteroatoms. The van der Waals surface area contributed by atoms with Crippen LogP contribution in [0.1, 0.15) is 36.2 Å². The van der Waals surface area contributed by atoms with Crippen LogP contribution >= 0.6 is 34.9 Å². The van der Waals surface area contributed by atoms with Crippen LogP contribution in [-0.2, 0) is 4.79 Å². The summed E-state index contributed by atoms with van der Waals surface area (Å²) in [6, 6.07) is 9.87. The highest BCUT2D eigenvalue weighted by Crippen LogP contribution is 2.41. The van der Waals surface area contributed by atoms with Gasteiger partial charge in [0.05, 0.1) is 16.3 Å². The Morgan fingerprint density at radius 2 is 2.10 bits per heavy atom. The van der Waals surface area contributed by atoms with Crippen molar-refractivity contribution in [1.82, 2.24) is 14.8 Å². The molecule has 0 saturated heterocycles. The van der Waals surface area contributed by atoms with Gasteiger partial charge in [0.25, 0.3) is 0 Å². The number of anilines is 1. The van der Waals surface area contributed by atoms with Crippen molar-refractivity contribution in [1.29, 1.82) is 0 Å². The summed E-state index contributed by atoms with van der Waals surface area (Å²) in [4.78, 5) is 26.1. The third kappa shape index (κ3) is 4.57. The van der Waals surface area contributed by atoms with Gasteiger partial charge in [-0.3, -0.25) is 14.2 Å². The Balaban J connectivity index is 1.50. The second-order valence-corrected chi connectivity index (χ2v) is 9.43. The fourth-order valence-electron chi connectivity index (χ4n) is 2.98. The van der Waals surface area contributed by atoms with Crippen molar-refractivity contribution in [3.63, 3.8) is 0 Å². The summed E-state index contributed by atoms with van der Waals surface area (Å²) in [7, 11) is 0. The van der Waals surface area contributed by atoms with E-state index in [2.05, 4.69) is 20.1 Å². The van der Waals surface area contributed by atoms with Crippen LogP contribution < -0.4 is 5.32 Å². The van der Waals surface area contributed by atoms with Crippen LogP contribution in [-0.4, -0.2) is 38.5 Å². The molecule has 1 saturated carbocycles. The molecule has 4 rings (SSSR count). The van der Waals surface area contributed by atoms with E-state index in [1.54, 1.807) is 23.5 Å². The summed E-state index contributed by atoms with van der Waals surface area (Å²) in [6.07, 6.45) is 4.17. The van der Waals surface area contributed by atoms with Crippen molar-refractivity contribution in [3.8, 4) is 10.7 Å². The second-order valence-electron chi connectivity index (χ2n) is 6.69. The summed E-state index contributed by atoms with van der Waals surface area (Å²) in [5, 5.41) is 14.4. The van der Waals surface area contributed by atoms with E-state index < -0.39 is 0 Å². The number of nitrogens with zero attached hydrogens (tertiary/aromatic N) is 3. The van der Waals surface area contributed by atoms with Crippen LogP contribution in [0.4, 0.5) is 5.69 Å². The van der Waals surface area contributed by atoms with E-state index >= 15 is 0 Å². The Morgan fingerprint density at radius 1 is 1.28 bits per heavy atom. The monoisotopic (exact) mass is 444 g/mol. The Morgan fingerprint density at radius 3 is 2.76 bits per heavy atom. The van der Waals surface area contributed by atoms with E-state index in [0.717, 1.165) is 39.3 Å². The third-order valence-electron chi connectivity index (χ3n) is 4.48. The first-order valence-electron chi connectivity index (χ1n) is 9.17. The second kappa shape index (κ2) is 8.73. The molecule has 2 heterocycles. The number of hydrogen-bond acceptors (Lipinski definition) is 7. The lowest BCUT2D eigenvalue weighted by Crippen LogP contribution is -2.09. The van der Waals surface area contributed by atoms with Crippen LogP contribution in [0.2, 0.25) is 0 Å². The molecule has 1 N–H and O–H groups in total. The molecule has 2 aromatic heterocycles. The van der Waals surface area contributed by atoms with Gasteiger partial charge in [-0.15, -0.1) is 33.3 Å². The first-order chi connectivity index (χ1) is 14.1. The zero-order valence-electron chi connectivity index (χ0n) is 16.0. The summed E-state index contributed by atoms with van der Waals surface area (Å²) < 4.78 is 2.18. The average Bonchev–Trinajstić information content (AvgIpc) is 3.23. The fourth-order valence-corrected chi connectivity index (χ4v) is 5.17. The third-order valence-corrected chi connectivity index (χ3v) is 7.07. The summed E-state index contributed by atoms with van der Waals surface area (Å²) >= 11 is 4.58.